The molecular weight excluding hydrogens is 464 g/mol. The van der Waals surface area contributed by atoms with Crippen LogP contribution in [0.15, 0.2) is 82.2 Å². The first kappa shape index (κ1) is 24.6. The number of aryl methyl sites for hydroxylation is 3. The van der Waals surface area contributed by atoms with Crippen LogP contribution in [-0.2, 0) is 26.1 Å². The molecule has 3 heterocycles. The summed E-state index contributed by atoms with van der Waals surface area (Å²) in [5.74, 6) is 1.63. The molecule has 0 amide bonds. The molecule has 1 N–H and O–H groups in total. The van der Waals surface area contributed by atoms with Crippen molar-refractivity contribution in [2.75, 3.05) is 0 Å². The minimum Gasteiger partial charge on any atom is -0.468 e. The van der Waals surface area contributed by atoms with Crippen molar-refractivity contribution in [3.8, 4) is 0 Å². The first-order valence-electron chi connectivity index (χ1n) is 12.8. The van der Waals surface area contributed by atoms with Crippen molar-refractivity contribution in [1.82, 2.24) is 30.1 Å². The maximum Gasteiger partial charge on any atom is 0.252 e. The summed E-state index contributed by atoms with van der Waals surface area (Å²) in [6.45, 7) is 5.86. The second-order valence-corrected chi connectivity index (χ2v) is 9.50. The lowest BCUT2D eigenvalue weighted by molar-refractivity contribution is 0.144. The Kier molecular flexibility index (Phi) is 7.56. The van der Waals surface area contributed by atoms with Crippen LogP contribution in [0.25, 0.3) is 10.9 Å². The minimum atomic E-state index is -0.0894. The summed E-state index contributed by atoms with van der Waals surface area (Å²) in [6.07, 6.45) is 4.30. The molecule has 0 unspecified atom stereocenters. The van der Waals surface area contributed by atoms with Crippen molar-refractivity contribution >= 4 is 10.9 Å². The summed E-state index contributed by atoms with van der Waals surface area (Å²) in [5.41, 5.74) is 3.85. The van der Waals surface area contributed by atoms with Crippen LogP contribution >= 0.6 is 0 Å². The van der Waals surface area contributed by atoms with Gasteiger partial charge in [0.05, 0.1) is 18.8 Å². The number of nitrogens with one attached hydrogen (secondary N) is 1. The third kappa shape index (κ3) is 5.86. The molecule has 0 fully saturated rings. The first-order chi connectivity index (χ1) is 18.1. The van der Waals surface area contributed by atoms with E-state index in [4.69, 9.17) is 4.42 Å². The normalized spacial score (nSPS) is 12.4. The monoisotopic (exact) mass is 496 g/mol. The molecule has 1 atom stereocenters. The van der Waals surface area contributed by atoms with Crippen LogP contribution in [0.4, 0.5) is 0 Å². The average Bonchev–Trinajstić information content (AvgIpc) is 3.59. The van der Waals surface area contributed by atoms with Gasteiger partial charge in [-0.25, -0.2) is 4.68 Å². The molecule has 0 saturated heterocycles. The van der Waals surface area contributed by atoms with E-state index < -0.39 is 0 Å². The fourth-order valence-electron chi connectivity index (χ4n) is 4.82. The fraction of sp³-hybridized carbons (Fsp3) is 0.310. The molecule has 0 aliphatic heterocycles. The largest absolute Gasteiger partial charge is 0.468 e. The molecule has 37 heavy (non-hydrogen) atoms. The van der Waals surface area contributed by atoms with Gasteiger partial charge in [-0.15, -0.1) is 5.10 Å². The Morgan fingerprint density at radius 2 is 1.92 bits per heavy atom. The second-order valence-electron chi connectivity index (χ2n) is 9.50. The van der Waals surface area contributed by atoms with E-state index in [1.54, 1.807) is 6.26 Å². The van der Waals surface area contributed by atoms with Gasteiger partial charge in [0.25, 0.3) is 5.56 Å². The summed E-state index contributed by atoms with van der Waals surface area (Å²) in [4.78, 5) is 18.4. The van der Waals surface area contributed by atoms with Crippen LogP contribution in [0.3, 0.4) is 0 Å². The highest BCUT2D eigenvalue weighted by Gasteiger charge is 2.27. The van der Waals surface area contributed by atoms with Gasteiger partial charge in [0.1, 0.15) is 5.76 Å². The van der Waals surface area contributed by atoms with Gasteiger partial charge < -0.3 is 9.40 Å². The molecule has 5 aromatic rings. The zero-order valence-corrected chi connectivity index (χ0v) is 21.3. The highest BCUT2D eigenvalue weighted by atomic mass is 16.3. The van der Waals surface area contributed by atoms with Gasteiger partial charge in [-0.05, 0) is 71.5 Å². The molecule has 8 nitrogen and oxygen atoms in total. The molecule has 2 aromatic carbocycles. The first-order valence-corrected chi connectivity index (χ1v) is 12.8. The Balaban J connectivity index is 1.48. The number of fused-ring (bicyclic) bond motifs is 1. The van der Waals surface area contributed by atoms with Crippen molar-refractivity contribution in [3.63, 3.8) is 0 Å². The zero-order valence-electron chi connectivity index (χ0n) is 21.3. The number of nitrogens with zero attached hydrogens (tertiary/aromatic N) is 5. The molecule has 0 aliphatic carbocycles. The highest BCUT2D eigenvalue weighted by molar-refractivity contribution is 5.79. The van der Waals surface area contributed by atoms with Gasteiger partial charge in [0.2, 0.25) is 0 Å². The number of furan rings is 1. The second kappa shape index (κ2) is 11.3. The number of rotatable bonds is 11. The zero-order chi connectivity index (χ0) is 25.6. The molecule has 0 aliphatic rings. The molecule has 5 rings (SSSR count). The smallest absolute Gasteiger partial charge is 0.252 e. The summed E-state index contributed by atoms with van der Waals surface area (Å²) >= 11 is 0. The maximum atomic E-state index is 13.1. The molecule has 0 bridgehead atoms. The summed E-state index contributed by atoms with van der Waals surface area (Å²) in [7, 11) is 0. The molecule has 3 aromatic heterocycles. The number of H-pyrrole nitrogens is 1. The van der Waals surface area contributed by atoms with Crippen LogP contribution in [-0.4, -0.2) is 30.1 Å². The van der Waals surface area contributed by atoms with E-state index in [2.05, 4.69) is 57.5 Å². The van der Waals surface area contributed by atoms with E-state index in [1.807, 2.05) is 53.2 Å². The Labute approximate surface area is 215 Å². The maximum absolute atomic E-state index is 13.1. The van der Waals surface area contributed by atoms with Gasteiger partial charge in [0, 0.05) is 24.2 Å². The van der Waals surface area contributed by atoms with E-state index in [-0.39, 0.29) is 11.6 Å². The Morgan fingerprint density at radius 1 is 1.05 bits per heavy atom. The predicted octanol–water partition coefficient (Wildman–Crippen LogP) is 5.20. The standard InChI is InChI=1S/C29H32N6O2/c1-3-8-27(28-31-32-33-35(28)15-14-22-9-5-4-6-10-22)34(20-25-11-7-16-37-25)19-24-18-23-17-21(2)12-13-26(23)30-29(24)36/h4-7,9-13,16-18,27H,3,8,14-15,19-20H2,1-2H3,(H,30,36)/t27-/m1/s1. The highest BCUT2D eigenvalue weighted by Crippen LogP contribution is 2.28. The van der Waals surface area contributed by atoms with E-state index in [1.165, 1.54) is 5.56 Å². The molecule has 8 heteroatoms. The number of hydrogen-bond acceptors (Lipinski definition) is 6. The van der Waals surface area contributed by atoms with Crippen LogP contribution in [0.1, 0.15) is 54.1 Å². The van der Waals surface area contributed by atoms with Crippen molar-refractivity contribution in [3.05, 3.63) is 112 Å². The van der Waals surface area contributed by atoms with E-state index >= 15 is 0 Å². The molecule has 0 spiro atoms. The van der Waals surface area contributed by atoms with Crippen molar-refractivity contribution < 1.29 is 4.42 Å². The SMILES string of the molecule is CCC[C@H](c1nnnn1CCc1ccccc1)N(Cc1ccco1)Cc1cc2cc(C)ccc2[nH]c1=O. The predicted molar refractivity (Wildman–Crippen MR) is 143 cm³/mol. The van der Waals surface area contributed by atoms with Crippen LogP contribution in [0.5, 0.6) is 0 Å². The third-order valence-electron chi connectivity index (χ3n) is 6.70. The topological polar surface area (TPSA) is 92.8 Å². The number of aromatic amines is 1. The van der Waals surface area contributed by atoms with Gasteiger partial charge in [0.15, 0.2) is 5.82 Å². The lowest BCUT2D eigenvalue weighted by atomic mass is 10.1. The van der Waals surface area contributed by atoms with E-state index in [0.29, 0.717) is 25.2 Å². The molecule has 0 radical (unpaired) electrons. The van der Waals surface area contributed by atoms with Gasteiger partial charge in [-0.2, -0.15) is 0 Å². The Morgan fingerprint density at radius 3 is 2.70 bits per heavy atom. The summed E-state index contributed by atoms with van der Waals surface area (Å²) < 4.78 is 7.61. The molecule has 190 valence electrons. The minimum absolute atomic E-state index is 0.0836. The number of tetrazole rings is 1. The third-order valence-corrected chi connectivity index (χ3v) is 6.70. The van der Waals surface area contributed by atoms with E-state index in [0.717, 1.165) is 47.3 Å². The lowest BCUT2D eigenvalue weighted by Crippen LogP contribution is -2.32. The Bertz CT molecular complexity index is 1490. The van der Waals surface area contributed by atoms with Crippen molar-refractivity contribution in [1.29, 1.82) is 0 Å². The van der Waals surface area contributed by atoms with Crippen LogP contribution in [0.2, 0.25) is 0 Å². The summed E-state index contributed by atoms with van der Waals surface area (Å²) in [6, 6.07) is 22.2. The van der Waals surface area contributed by atoms with Gasteiger partial charge in [-0.3, -0.25) is 9.69 Å². The Hall–Kier alpha value is -4.04. The lowest BCUT2D eigenvalue weighted by Gasteiger charge is -2.30. The molecular formula is C29H32N6O2. The quantitative estimate of drug-likeness (QED) is 0.270. The molecule has 0 saturated carbocycles. The summed E-state index contributed by atoms with van der Waals surface area (Å²) in [5, 5.41) is 13.9. The number of benzene rings is 2. The van der Waals surface area contributed by atoms with Crippen molar-refractivity contribution in [2.45, 2.75) is 58.8 Å². The van der Waals surface area contributed by atoms with E-state index in [9.17, 15) is 4.79 Å². The fourth-order valence-corrected chi connectivity index (χ4v) is 4.82. The number of aromatic nitrogens is 5. The number of hydrogen-bond donors (Lipinski definition) is 1. The van der Waals surface area contributed by atoms with Gasteiger partial charge in [-0.1, -0.05) is 55.3 Å². The average molecular weight is 497 g/mol. The number of pyridine rings is 1. The van der Waals surface area contributed by atoms with Crippen LogP contribution in [0, 0.1) is 6.92 Å². The van der Waals surface area contributed by atoms with Crippen LogP contribution < -0.4 is 5.56 Å². The van der Waals surface area contributed by atoms with Crippen molar-refractivity contribution in [2.24, 2.45) is 0 Å². The van der Waals surface area contributed by atoms with Gasteiger partial charge >= 0.3 is 0 Å².